The molecule has 0 bridgehead atoms. The van der Waals surface area contributed by atoms with Crippen molar-refractivity contribution >= 4 is 0 Å². The van der Waals surface area contributed by atoms with Gasteiger partial charge < -0.3 is 10.1 Å². The van der Waals surface area contributed by atoms with E-state index in [1.807, 2.05) is 0 Å². The summed E-state index contributed by atoms with van der Waals surface area (Å²) in [4.78, 5) is 0. The molecule has 1 atom stereocenters. The van der Waals surface area contributed by atoms with E-state index < -0.39 is 11.6 Å². The zero-order chi connectivity index (χ0) is 14.8. The summed E-state index contributed by atoms with van der Waals surface area (Å²) in [6.45, 7) is 0.795. The molecule has 21 heavy (non-hydrogen) atoms. The third-order valence-electron chi connectivity index (χ3n) is 3.47. The van der Waals surface area contributed by atoms with Crippen molar-refractivity contribution in [2.75, 3.05) is 6.54 Å². The van der Waals surface area contributed by atoms with Crippen LogP contribution in [0.1, 0.15) is 11.1 Å². The number of ether oxygens (including phenoxy) is 1. The van der Waals surface area contributed by atoms with E-state index in [4.69, 9.17) is 4.74 Å². The van der Waals surface area contributed by atoms with E-state index in [1.165, 1.54) is 24.3 Å². The Labute approximate surface area is 120 Å². The molecule has 0 amide bonds. The minimum absolute atomic E-state index is 0.106. The lowest BCUT2D eigenvalue weighted by atomic mass is 10.1. The van der Waals surface area contributed by atoms with Crippen LogP contribution in [0, 0.1) is 17.5 Å². The predicted octanol–water partition coefficient (Wildman–Crippen LogP) is 3.20. The number of benzene rings is 2. The van der Waals surface area contributed by atoms with E-state index in [1.54, 1.807) is 6.07 Å². The van der Waals surface area contributed by atoms with Crippen molar-refractivity contribution in [1.29, 1.82) is 0 Å². The van der Waals surface area contributed by atoms with E-state index in [9.17, 15) is 13.2 Å². The van der Waals surface area contributed by atoms with Crippen LogP contribution in [0.15, 0.2) is 36.4 Å². The van der Waals surface area contributed by atoms with Gasteiger partial charge in [0.25, 0.3) is 0 Å². The van der Waals surface area contributed by atoms with Crippen LogP contribution in [0.2, 0.25) is 0 Å². The maximum absolute atomic E-state index is 13.5. The number of nitrogens with one attached hydrogen (secondary N) is 1. The standard InChI is InChI=1S/C16H14F3NO/c17-12-3-4-16-11(5-12)6-14(21-16)9-20-8-10-1-2-13(18)7-15(10)19/h1-5,7,14,20H,6,8-9H2. The number of rotatable bonds is 4. The van der Waals surface area contributed by atoms with Crippen molar-refractivity contribution < 1.29 is 17.9 Å². The van der Waals surface area contributed by atoms with E-state index in [0.717, 1.165) is 11.6 Å². The Morgan fingerprint density at radius 2 is 1.81 bits per heavy atom. The summed E-state index contributed by atoms with van der Waals surface area (Å²) in [5, 5.41) is 3.07. The van der Waals surface area contributed by atoms with Gasteiger partial charge in [-0.1, -0.05) is 6.07 Å². The SMILES string of the molecule is Fc1ccc(CNCC2Cc3cc(F)ccc3O2)c(F)c1. The Balaban J connectivity index is 1.53. The van der Waals surface area contributed by atoms with Gasteiger partial charge in [0.15, 0.2) is 0 Å². The summed E-state index contributed by atoms with van der Waals surface area (Å²) in [6, 6.07) is 7.95. The van der Waals surface area contributed by atoms with Gasteiger partial charge in [0.2, 0.25) is 0 Å². The first-order chi connectivity index (χ1) is 10.1. The molecule has 2 aromatic carbocycles. The topological polar surface area (TPSA) is 21.3 Å². The van der Waals surface area contributed by atoms with Gasteiger partial charge in [-0.3, -0.25) is 0 Å². The molecule has 0 fully saturated rings. The molecular formula is C16H14F3NO. The lowest BCUT2D eigenvalue weighted by Gasteiger charge is -2.12. The molecule has 0 radical (unpaired) electrons. The summed E-state index contributed by atoms with van der Waals surface area (Å²) >= 11 is 0. The van der Waals surface area contributed by atoms with Crippen molar-refractivity contribution in [2.24, 2.45) is 0 Å². The van der Waals surface area contributed by atoms with Crippen LogP contribution in [-0.2, 0) is 13.0 Å². The summed E-state index contributed by atoms with van der Waals surface area (Å²) in [6.07, 6.45) is 0.511. The predicted molar refractivity (Wildman–Crippen MR) is 72.6 cm³/mol. The second-order valence-electron chi connectivity index (χ2n) is 5.06. The minimum atomic E-state index is -0.590. The monoisotopic (exact) mass is 293 g/mol. The highest BCUT2D eigenvalue weighted by Gasteiger charge is 2.22. The van der Waals surface area contributed by atoms with E-state index >= 15 is 0 Å². The number of halogens is 3. The first-order valence-electron chi connectivity index (χ1n) is 6.71. The van der Waals surface area contributed by atoms with Crippen LogP contribution in [0.4, 0.5) is 13.2 Å². The average Bonchev–Trinajstić information content (AvgIpc) is 2.83. The fourth-order valence-electron chi connectivity index (χ4n) is 2.44. The van der Waals surface area contributed by atoms with E-state index in [2.05, 4.69) is 5.32 Å². The van der Waals surface area contributed by atoms with Gasteiger partial charge in [-0.05, 0) is 24.3 Å². The molecule has 110 valence electrons. The smallest absolute Gasteiger partial charge is 0.130 e. The van der Waals surface area contributed by atoms with Gasteiger partial charge in [-0.2, -0.15) is 0 Å². The molecule has 2 nitrogen and oxygen atoms in total. The average molecular weight is 293 g/mol. The molecule has 3 rings (SSSR count). The minimum Gasteiger partial charge on any atom is -0.488 e. The fraction of sp³-hybridized carbons (Fsp3) is 0.250. The Bertz CT molecular complexity index is 660. The zero-order valence-electron chi connectivity index (χ0n) is 11.2. The fourth-order valence-corrected chi connectivity index (χ4v) is 2.44. The van der Waals surface area contributed by atoms with Crippen LogP contribution < -0.4 is 10.1 Å². The van der Waals surface area contributed by atoms with Crippen LogP contribution in [0.5, 0.6) is 5.75 Å². The Kier molecular flexibility index (Phi) is 3.84. The molecule has 1 unspecified atom stereocenters. The van der Waals surface area contributed by atoms with Crippen LogP contribution in [0.25, 0.3) is 0 Å². The summed E-state index contributed by atoms with van der Waals surface area (Å²) < 4.78 is 45.0. The normalized spacial score (nSPS) is 16.6. The van der Waals surface area contributed by atoms with Crippen molar-refractivity contribution in [2.45, 2.75) is 19.1 Å². The largest absolute Gasteiger partial charge is 0.488 e. The molecule has 0 aliphatic carbocycles. The third-order valence-corrected chi connectivity index (χ3v) is 3.47. The molecule has 0 saturated carbocycles. The molecule has 2 aromatic rings. The van der Waals surface area contributed by atoms with Crippen molar-refractivity contribution in [1.82, 2.24) is 5.32 Å². The van der Waals surface area contributed by atoms with E-state index in [-0.39, 0.29) is 18.5 Å². The molecule has 0 saturated heterocycles. The zero-order valence-corrected chi connectivity index (χ0v) is 11.2. The van der Waals surface area contributed by atoms with Gasteiger partial charge in [0.05, 0.1) is 0 Å². The molecule has 1 N–H and O–H groups in total. The molecule has 1 aliphatic rings. The molecule has 1 heterocycles. The summed E-state index contributed by atoms with van der Waals surface area (Å²) in [7, 11) is 0. The second kappa shape index (κ2) is 5.77. The number of hydrogen-bond acceptors (Lipinski definition) is 2. The van der Waals surface area contributed by atoms with E-state index in [0.29, 0.717) is 24.3 Å². The quantitative estimate of drug-likeness (QED) is 0.934. The highest BCUT2D eigenvalue weighted by molar-refractivity contribution is 5.37. The second-order valence-corrected chi connectivity index (χ2v) is 5.06. The van der Waals surface area contributed by atoms with Gasteiger partial charge >= 0.3 is 0 Å². The lowest BCUT2D eigenvalue weighted by Crippen LogP contribution is -2.30. The molecule has 0 spiro atoms. The van der Waals surface area contributed by atoms with Gasteiger partial charge in [-0.25, -0.2) is 13.2 Å². The highest BCUT2D eigenvalue weighted by atomic mass is 19.1. The van der Waals surface area contributed by atoms with Crippen LogP contribution >= 0.6 is 0 Å². The number of fused-ring (bicyclic) bond motifs is 1. The third kappa shape index (κ3) is 3.19. The summed E-state index contributed by atoms with van der Waals surface area (Å²) in [5.74, 6) is -0.747. The Hall–Kier alpha value is -2.01. The van der Waals surface area contributed by atoms with Crippen molar-refractivity contribution in [3.63, 3.8) is 0 Å². The molecule has 5 heteroatoms. The van der Waals surface area contributed by atoms with Crippen molar-refractivity contribution in [3.05, 3.63) is 65.0 Å². The van der Waals surface area contributed by atoms with Crippen molar-refractivity contribution in [3.8, 4) is 5.75 Å². The maximum atomic E-state index is 13.5. The molecule has 0 aromatic heterocycles. The molecular weight excluding hydrogens is 279 g/mol. The number of hydrogen-bond donors (Lipinski definition) is 1. The molecule has 1 aliphatic heterocycles. The van der Waals surface area contributed by atoms with Gasteiger partial charge in [0.1, 0.15) is 29.3 Å². The van der Waals surface area contributed by atoms with Gasteiger partial charge in [-0.15, -0.1) is 0 Å². The lowest BCUT2D eigenvalue weighted by molar-refractivity contribution is 0.227. The van der Waals surface area contributed by atoms with Crippen LogP contribution in [0.3, 0.4) is 0 Å². The first kappa shape index (κ1) is 13.9. The maximum Gasteiger partial charge on any atom is 0.130 e. The van der Waals surface area contributed by atoms with Gasteiger partial charge in [0, 0.05) is 36.7 Å². The summed E-state index contributed by atoms with van der Waals surface area (Å²) in [5.41, 5.74) is 1.24. The Morgan fingerprint density at radius 3 is 2.62 bits per heavy atom. The van der Waals surface area contributed by atoms with Crippen LogP contribution in [-0.4, -0.2) is 12.6 Å². The highest BCUT2D eigenvalue weighted by Crippen LogP contribution is 2.28. The Morgan fingerprint density at radius 1 is 1.05 bits per heavy atom. The first-order valence-corrected chi connectivity index (χ1v) is 6.71.